The zero-order chi connectivity index (χ0) is 25.8. The van der Waals surface area contributed by atoms with Crippen molar-refractivity contribution in [3.05, 3.63) is 0 Å². The van der Waals surface area contributed by atoms with E-state index in [1.54, 1.807) is 0 Å². The Balaban J connectivity index is 1.43. The number of carbonyl (C=O) groups is 1. The zero-order valence-corrected chi connectivity index (χ0v) is 22.4. The van der Waals surface area contributed by atoms with Crippen molar-refractivity contribution in [3.63, 3.8) is 0 Å². The third-order valence-corrected chi connectivity index (χ3v) is 11.9. The van der Waals surface area contributed by atoms with Crippen LogP contribution in [0.25, 0.3) is 0 Å². The molecule has 11 atom stereocenters. The minimum Gasteiger partial charge on any atom is -0.393 e. The molecule has 0 unspecified atom stereocenters. The van der Waals surface area contributed by atoms with Crippen molar-refractivity contribution in [2.45, 2.75) is 96.9 Å². The summed E-state index contributed by atoms with van der Waals surface area (Å²) in [6.07, 6.45) is 5.41. The molecule has 8 nitrogen and oxygen atoms in total. The second-order valence-electron chi connectivity index (χ2n) is 12.8. The fraction of sp³-hybridized carbons (Fsp3) is 0.962. The molecule has 4 rings (SSSR count). The number of carbonyl (C=O) groups excluding carboxylic acids is 1. The molecule has 0 aromatic heterocycles. The van der Waals surface area contributed by atoms with Gasteiger partial charge in [0, 0.05) is 13.0 Å². The van der Waals surface area contributed by atoms with Crippen molar-refractivity contribution in [2.24, 2.45) is 46.3 Å². The second kappa shape index (κ2) is 9.99. The molecule has 0 heterocycles. The van der Waals surface area contributed by atoms with Gasteiger partial charge in [0.25, 0.3) is 0 Å². The van der Waals surface area contributed by atoms with Crippen LogP contribution in [0.1, 0.15) is 78.6 Å². The van der Waals surface area contributed by atoms with Gasteiger partial charge in [-0.2, -0.15) is 0 Å². The summed E-state index contributed by atoms with van der Waals surface area (Å²) in [6.45, 7) is 6.66. The van der Waals surface area contributed by atoms with E-state index in [1.807, 2.05) is 0 Å². The van der Waals surface area contributed by atoms with Crippen LogP contribution in [0.5, 0.6) is 0 Å². The van der Waals surface area contributed by atoms with E-state index < -0.39 is 19.8 Å². The van der Waals surface area contributed by atoms with Gasteiger partial charge in [0.1, 0.15) is 0 Å². The van der Waals surface area contributed by atoms with Crippen molar-refractivity contribution in [1.29, 1.82) is 0 Å². The number of aliphatic hydroxyl groups excluding tert-OH is 3. The average molecular weight is 516 g/mol. The van der Waals surface area contributed by atoms with Crippen LogP contribution in [0, 0.1) is 46.3 Å². The molecule has 0 aromatic carbocycles. The lowest BCUT2D eigenvalue weighted by Crippen LogP contribution is -2.62. The average Bonchev–Trinajstić information content (AvgIpc) is 3.12. The number of amides is 1. The molecule has 35 heavy (non-hydrogen) atoms. The van der Waals surface area contributed by atoms with E-state index >= 15 is 0 Å². The summed E-state index contributed by atoms with van der Waals surface area (Å²) in [6, 6.07) is 0. The Hall–Kier alpha value is -0.500. The van der Waals surface area contributed by atoms with Crippen molar-refractivity contribution in [1.82, 2.24) is 5.32 Å². The van der Waals surface area contributed by atoms with Gasteiger partial charge in [-0.1, -0.05) is 20.8 Å². The third-order valence-electron chi connectivity index (χ3n) is 11.1. The highest BCUT2D eigenvalue weighted by Gasteiger charge is 2.65. The first kappa shape index (κ1) is 27.5. The maximum Gasteiger partial charge on any atom is 0.327 e. The number of fused-ring (bicyclic) bond motifs is 5. The lowest BCUT2D eigenvalue weighted by Gasteiger charge is -2.63. The molecule has 0 spiro atoms. The van der Waals surface area contributed by atoms with Gasteiger partial charge in [-0.05, 0) is 97.7 Å². The quantitative estimate of drug-likeness (QED) is 0.286. The van der Waals surface area contributed by atoms with E-state index in [1.165, 1.54) is 0 Å². The summed E-state index contributed by atoms with van der Waals surface area (Å²) in [5, 5.41) is 35.9. The molecule has 4 saturated carbocycles. The molecule has 4 aliphatic rings. The molecule has 0 aromatic rings. The van der Waals surface area contributed by atoms with Gasteiger partial charge in [0.15, 0.2) is 0 Å². The topological polar surface area (TPSA) is 147 Å². The molecule has 9 heteroatoms. The van der Waals surface area contributed by atoms with Crippen molar-refractivity contribution >= 4 is 13.5 Å². The number of rotatable bonds is 7. The van der Waals surface area contributed by atoms with E-state index in [9.17, 15) is 24.7 Å². The lowest BCUT2D eigenvalue weighted by atomic mass is 9.43. The Morgan fingerprint density at radius 2 is 1.77 bits per heavy atom. The highest BCUT2D eigenvalue weighted by atomic mass is 31.2. The fourth-order valence-corrected chi connectivity index (χ4v) is 9.52. The molecule has 4 aliphatic carbocycles. The van der Waals surface area contributed by atoms with Gasteiger partial charge in [0.05, 0.1) is 24.5 Å². The largest absolute Gasteiger partial charge is 0.393 e. The van der Waals surface area contributed by atoms with Crippen LogP contribution in [0.4, 0.5) is 0 Å². The summed E-state index contributed by atoms with van der Waals surface area (Å²) in [7, 11) is -4.12. The Kier molecular flexibility index (Phi) is 7.86. The van der Waals surface area contributed by atoms with E-state index in [0.717, 1.165) is 38.5 Å². The van der Waals surface area contributed by atoms with Crippen LogP contribution in [-0.2, 0) is 9.36 Å². The maximum absolute atomic E-state index is 12.2. The predicted molar refractivity (Wildman–Crippen MR) is 132 cm³/mol. The van der Waals surface area contributed by atoms with Gasteiger partial charge in [-0.15, -0.1) is 0 Å². The first-order valence-corrected chi connectivity index (χ1v) is 15.4. The van der Waals surface area contributed by atoms with Crippen molar-refractivity contribution in [2.75, 3.05) is 12.7 Å². The van der Waals surface area contributed by atoms with E-state index in [4.69, 9.17) is 9.79 Å². The van der Waals surface area contributed by atoms with E-state index in [-0.39, 0.29) is 65.1 Å². The highest BCUT2D eigenvalue weighted by Crippen LogP contribution is 2.68. The highest BCUT2D eigenvalue weighted by molar-refractivity contribution is 7.51. The molecule has 0 aliphatic heterocycles. The first-order chi connectivity index (χ1) is 16.3. The number of nitrogens with one attached hydrogen (secondary N) is 1. The SMILES string of the molecule is C[C@H](CCC(=O)NCCP(=O)(O)O)[C@H]1CC[C@H]2[C@@H]3[C@H](O)C[C@H]4C[C@H](O)CC[C@]4(C)[C@H]3C[C@H](O)[C@]12C. The predicted octanol–water partition coefficient (Wildman–Crippen LogP) is 2.66. The van der Waals surface area contributed by atoms with Gasteiger partial charge < -0.3 is 30.4 Å². The van der Waals surface area contributed by atoms with Crippen LogP contribution >= 0.6 is 7.60 Å². The Bertz CT molecular complexity index is 835. The van der Waals surface area contributed by atoms with Crippen LogP contribution < -0.4 is 5.32 Å². The molecule has 0 saturated heterocycles. The van der Waals surface area contributed by atoms with Crippen LogP contribution in [-0.4, -0.2) is 62.0 Å². The molecule has 1 amide bonds. The number of hydrogen-bond donors (Lipinski definition) is 6. The Morgan fingerprint density at radius 1 is 1.06 bits per heavy atom. The van der Waals surface area contributed by atoms with E-state index in [0.29, 0.717) is 25.2 Å². The van der Waals surface area contributed by atoms with E-state index in [2.05, 4.69) is 26.1 Å². The van der Waals surface area contributed by atoms with Crippen LogP contribution in [0.3, 0.4) is 0 Å². The molecule has 202 valence electrons. The Morgan fingerprint density at radius 3 is 2.46 bits per heavy atom. The summed E-state index contributed by atoms with van der Waals surface area (Å²) in [5.41, 5.74) is -0.240. The van der Waals surface area contributed by atoms with Crippen LogP contribution in [0.2, 0.25) is 0 Å². The van der Waals surface area contributed by atoms with Crippen LogP contribution in [0.15, 0.2) is 0 Å². The lowest BCUT2D eigenvalue weighted by molar-refractivity contribution is -0.207. The summed E-state index contributed by atoms with van der Waals surface area (Å²) < 4.78 is 11.0. The molecule has 0 radical (unpaired) electrons. The molecular formula is C26H46NO7P. The molecule has 0 bridgehead atoms. The standard InChI is InChI=1S/C26H46NO7P/c1-15(4-7-23(31)27-10-11-35(32,33)34)18-5-6-19-24-20(14-22(30)26(18,19)3)25(2)9-8-17(28)12-16(25)13-21(24)29/h15-22,24,28-30H,4-14H2,1-3H3,(H,27,31)(H2,32,33,34)/t15-,16-,17-,18-,19+,20+,21-,22+,24+,25+,26-/m1/s1. The monoisotopic (exact) mass is 515 g/mol. The molecule has 4 fully saturated rings. The Labute approximate surface area is 209 Å². The summed E-state index contributed by atoms with van der Waals surface area (Å²) in [4.78, 5) is 30.1. The maximum atomic E-state index is 12.2. The number of aliphatic hydroxyl groups is 3. The van der Waals surface area contributed by atoms with Gasteiger partial charge in [-0.25, -0.2) is 0 Å². The minimum absolute atomic E-state index is 0.0306. The summed E-state index contributed by atoms with van der Waals surface area (Å²) in [5.74, 6) is 1.28. The fourth-order valence-electron chi connectivity index (χ4n) is 9.12. The smallest absolute Gasteiger partial charge is 0.327 e. The molecule has 6 N–H and O–H groups in total. The van der Waals surface area contributed by atoms with Crippen molar-refractivity contribution < 1.29 is 34.5 Å². The first-order valence-electron chi connectivity index (χ1n) is 13.6. The molecular weight excluding hydrogens is 469 g/mol. The normalized spacial score (nSPS) is 46.3. The summed E-state index contributed by atoms with van der Waals surface area (Å²) >= 11 is 0. The van der Waals surface area contributed by atoms with Gasteiger partial charge in [-0.3, -0.25) is 9.36 Å². The third kappa shape index (κ3) is 5.13. The zero-order valence-electron chi connectivity index (χ0n) is 21.5. The second-order valence-corrected chi connectivity index (χ2v) is 14.6. The van der Waals surface area contributed by atoms with Gasteiger partial charge in [0.2, 0.25) is 5.91 Å². The number of hydrogen-bond acceptors (Lipinski definition) is 5. The van der Waals surface area contributed by atoms with Gasteiger partial charge >= 0.3 is 7.60 Å². The minimum atomic E-state index is -4.12. The van der Waals surface area contributed by atoms with Crippen molar-refractivity contribution in [3.8, 4) is 0 Å².